The molecule has 0 spiro atoms. The minimum atomic E-state index is 0.112. The molecule has 0 radical (unpaired) electrons. The number of carbonyl (C=O) groups is 1. The Kier molecular flexibility index (Phi) is 3.96. The van der Waals surface area contributed by atoms with Gasteiger partial charge in [0.25, 0.3) is 5.91 Å². The maximum Gasteiger partial charge on any atom is 0.254 e. The minimum absolute atomic E-state index is 0.112. The van der Waals surface area contributed by atoms with Crippen molar-refractivity contribution in [2.24, 2.45) is 11.8 Å². The topological polar surface area (TPSA) is 71.0 Å². The van der Waals surface area contributed by atoms with Crippen LogP contribution in [-0.4, -0.2) is 45.1 Å². The number of nitrogens with one attached hydrogen (secondary N) is 1. The van der Waals surface area contributed by atoms with Crippen molar-refractivity contribution in [3.8, 4) is 0 Å². The first-order chi connectivity index (χ1) is 13.3. The van der Waals surface area contributed by atoms with Gasteiger partial charge in [-0.3, -0.25) is 9.78 Å². The molecular weight excluding hydrogens is 338 g/mol. The van der Waals surface area contributed by atoms with Gasteiger partial charge in [0, 0.05) is 48.4 Å². The Morgan fingerprint density at radius 1 is 1.04 bits per heavy atom. The molecule has 1 aliphatic heterocycles. The van der Waals surface area contributed by atoms with Crippen molar-refractivity contribution in [1.82, 2.24) is 20.1 Å². The molecule has 1 aromatic carbocycles. The minimum Gasteiger partial charge on any atom is -0.365 e. The lowest BCUT2D eigenvalue weighted by atomic mass is 9.98. The van der Waals surface area contributed by atoms with E-state index in [-0.39, 0.29) is 5.91 Å². The molecule has 0 bridgehead atoms. The summed E-state index contributed by atoms with van der Waals surface area (Å²) in [4.78, 5) is 19.6. The fourth-order valence-corrected chi connectivity index (χ4v) is 4.64. The maximum atomic E-state index is 13.2. The van der Waals surface area contributed by atoms with Crippen molar-refractivity contribution < 1.29 is 4.79 Å². The second kappa shape index (κ2) is 6.61. The van der Waals surface area contributed by atoms with Gasteiger partial charge in [-0.1, -0.05) is 12.1 Å². The third-order valence-electron chi connectivity index (χ3n) is 5.93. The average molecular weight is 359 g/mol. The molecule has 5 rings (SSSR count). The van der Waals surface area contributed by atoms with Crippen molar-refractivity contribution in [3.63, 3.8) is 0 Å². The summed E-state index contributed by atoms with van der Waals surface area (Å²) in [6.07, 6.45) is 5.70. The van der Waals surface area contributed by atoms with Crippen molar-refractivity contribution in [3.05, 3.63) is 60.4 Å². The zero-order chi connectivity index (χ0) is 18.2. The number of amides is 1. The third-order valence-corrected chi connectivity index (χ3v) is 5.93. The molecule has 6 heteroatoms. The molecule has 1 N–H and O–H groups in total. The van der Waals surface area contributed by atoms with E-state index < -0.39 is 0 Å². The van der Waals surface area contributed by atoms with Gasteiger partial charge < -0.3 is 10.2 Å². The van der Waals surface area contributed by atoms with Crippen molar-refractivity contribution >= 4 is 22.6 Å². The third kappa shape index (κ3) is 2.91. The summed E-state index contributed by atoms with van der Waals surface area (Å²) in [5.41, 5.74) is 1.61. The molecule has 1 aliphatic carbocycles. The smallest absolute Gasteiger partial charge is 0.254 e. The molecule has 3 aromatic rings. The standard InChI is InChI=1S/C21H21N5O/c27-21(16-4-1-6-18-15(16)5-2-10-22-18)26-12-14-8-9-19(17(14)13-26)24-20-7-3-11-23-25-20/h1-7,10-11,14,17,19H,8-9,12-13H2,(H,24,25)/t14-,17+,19-/m1/s1. The SMILES string of the molecule is O=C(c1cccc2ncccc12)N1C[C@H]2CC[C@@H](Nc3cccnn3)[C@H]2C1. The molecule has 2 aromatic heterocycles. The molecule has 2 aliphatic rings. The van der Waals surface area contributed by atoms with Crippen molar-refractivity contribution in [2.75, 3.05) is 18.4 Å². The number of hydrogen-bond donors (Lipinski definition) is 1. The van der Waals surface area contributed by atoms with Gasteiger partial charge in [-0.05, 0) is 49.1 Å². The highest BCUT2D eigenvalue weighted by molar-refractivity contribution is 6.06. The summed E-state index contributed by atoms with van der Waals surface area (Å²) >= 11 is 0. The van der Waals surface area contributed by atoms with Gasteiger partial charge in [-0.25, -0.2) is 0 Å². The van der Waals surface area contributed by atoms with Crippen LogP contribution in [0.15, 0.2) is 54.9 Å². The monoisotopic (exact) mass is 359 g/mol. The summed E-state index contributed by atoms with van der Waals surface area (Å²) in [7, 11) is 0. The van der Waals surface area contributed by atoms with Gasteiger partial charge in [0.15, 0.2) is 0 Å². The quantitative estimate of drug-likeness (QED) is 0.778. The number of anilines is 1. The maximum absolute atomic E-state index is 13.2. The Morgan fingerprint density at radius 2 is 1.96 bits per heavy atom. The van der Waals surface area contributed by atoms with Crippen LogP contribution in [0.4, 0.5) is 5.82 Å². The highest BCUT2D eigenvalue weighted by Crippen LogP contribution is 2.40. The zero-order valence-electron chi connectivity index (χ0n) is 15.0. The van der Waals surface area contributed by atoms with E-state index in [1.54, 1.807) is 12.4 Å². The predicted molar refractivity (Wildman–Crippen MR) is 103 cm³/mol. The molecular formula is C21H21N5O. The first-order valence-corrected chi connectivity index (χ1v) is 9.47. The second-order valence-electron chi connectivity index (χ2n) is 7.45. The van der Waals surface area contributed by atoms with Gasteiger partial charge in [0.2, 0.25) is 0 Å². The van der Waals surface area contributed by atoms with Crippen molar-refractivity contribution in [1.29, 1.82) is 0 Å². The molecule has 1 amide bonds. The van der Waals surface area contributed by atoms with Crippen LogP contribution >= 0.6 is 0 Å². The molecule has 27 heavy (non-hydrogen) atoms. The predicted octanol–water partition coefficient (Wildman–Crippen LogP) is 2.99. The fraction of sp³-hybridized carbons (Fsp3) is 0.333. The summed E-state index contributed by atoms with van der Waals surface area (Å²) in [6, 6.07) is 13.8. The molecule has 3 atom stereocenters. The Bertz CT molecular complexity index is 971. The zero-order valence-corrected chi connectivity index (χ0v) is 15.0. The average Bonchev–Trinajstić information content (AvgIpc) is 3.30. The van der Waals surface area contributed by atoms with Crippen LogP contribution in [0.25, 0.3) is 10.9 Å². The second-order valence-corrected chi connectivity index (χ2v) is 7.45. The van der Waals surface area contributed by atoms with Crippen LogP contribution in [-0.2, 0) is 0 Å². The van der Waals surface area contributed by atoms with Gasteiger partial charge in [0.05, 0.1) is 5.52 Å². The summed E-state index contributed by atoms with van der Waals surface area (Å²) in [6.45, 7) is 1.62. The number of carbonyl (C=O) groups excluding carboxylic acids is 1. The largest absolute Gasteiger partial charge is 0.365 e. The normalized spacial score (nSPS) is 24.1. The highest BCUT2D eigenvalue weighted by Gasteiger charge is 2.44. The Balaban J connectivity index is 1.35. The van der Waals surface area contributed by atoms with Gasteiger partial charge >= 0.3 is 0 Å². The van der Waals surface area contributed by atoms with Crippen LogP contribution in [0.5, 0.6) is 0 Å². The van der Waals surface area contributed by atoms with E-state index in [2.05, 4.69) is 20.5 Å². The number of aromatic nitrogens is 3. The van der Waals surface area contributed by atoms with E-state index in [4.69, 9.17) is 0 Å². The summed E-state index contributed by atoms with van der Waals surface area (Å²) in [5.74, 6) is 1.94. The van der Waals surface area contributed by atoms with Gasteiger partial charge in [-0.2, -0.15) is 5.10 Å². The molecule has 2 fully saturated rings. The summed E-state index contributed by atoms with van der Waals surface area (Å²) in [5, 5.41) is 12.5. The lowest BCUT2D eigenvalue weighted by Crippen LogP contribution is -2.33. The van der Waals surface area contributed by atoms with Crippen LogP contribution in [0, 0.1) is 11.8 Å². The number of rotatable bonds is 3. The first kappa shape index (κ1) is 16.2. The van der Waals surface area contributed by atoms with Crippen LogP contribution < -0.4 is 5.32 Å². The molecule has 0 unspecified atom stereocenters. The molecule has 3 heterocycles. The van der Waals surface area contributed by atoms with E-state index >= 15 is 0 Å². The first-order valence-electron chi connectivity index (χ1n) is 9.47. The number of fused-ring (bicyclic) bond motifs is 2. The number of hydrogen-bond acceptors (Lipinski definition) is 5. The van der Waals surface area contributed by atoms with E-state index in [1.807, 2.05) is 47.4 Å². The number of benzene rings is 1. The Hall–Kier alpha value is -3.02. The van der Waals surface area contributed by atoms with Crippen LogP contribution in [0.3, 0.4) is 0 Å². The number of nitrogens with zero attached hydrogens (tertiary/aromatic N) is 4. The fourth-order valence-electron chi connectivity index (χ4n) is 4.64. The molecule has 1 saturated carbocycles. The Morgan fingerprint density at radius 3 is 2.85 bits per heavy atom. The lowest BCUT2D eigenvalue weighted by Gasteiger charge is -2.22. The van der Waals surface area contributed by atoms with Crippen LogP contribution in [0.2, 0.25) is 0 Å². The molecule has 6 nitrogen and oxygen atoms in total. The molecule has 136 valence electrons. The van der Waals surface area contributed by atoms with Crippen LogP contribution in [0.1, 0.15) is 23.2 Å². The number of likely N-dealkylation sites (tertiary alicyclic amines) is 1. The molecule has 1 saturated heterocycles. The highest BCUT2D eigenvalue weighted by atomic mass is 16.2. The van der Waals surface area contributed by atoms with E-state index in [0.29, 0.717) is 17.9 Å². The lowest BCUT2D eigenvalue weighted by molar-refractivity contribution is 0.0782. The van der Waals surface area contributed by atoms with E-state index in [0.717, 1.165) is 48.2 Å². The number of pyridine rings is 1. The Labute approximate surface area is 157 Å². The van der Waals surface area contributed by atoms with Crippen molar-refractivity contribution in [2.45, 2.75) is 18.9 Å². The van der Waals surface area contributed by atoms with Gasteiger partial charge in [0.1, 0.15) is 5.82 Å². The summed E-state index contributed by atoms with van der Waals surface area (Å²) < 4.78 is 0. The van der Waals surface area contributed by atoms with E-state index in [9.17, 15) is 4.79 Å². The van der Waals surface area contributed by atoms with E-state index in [1.165, 1.54) is 0 Å². The van der Waals surface area contributed by atoms with Gasteiger partial charge in [-0.15, -0.1) is 5.10 Å².